The van der Waals surface area contributed by atoms with E-state index in [9.17, 15) is 14.2 Å². The van der Waals surface area contributed by atoms with Crippen molar-refractivity contribution in [1.29, 1.82) is 0 Å². The van der Waals surface area contributed by atoms with E-state index in [-0.39, 0.29) is 19.8 Å². The molecule has 2 unspecified atom stereocenters. The number of carbonyl (C=O) groups is 2. The van der Waals surface area contributed by atoms with Crippen LogP contribution in [-0.4, -0.2) is 61.2 Å². The monoisotopic (exact) mass is 437 g/mol. The van der Waals surface area contributed by atoms with Crippen LogP contribution in [0.3, 0.4) is 0 Å². The average Bonchev–Trinajstić information content (AvgIpc) is 2.31. The number of nitrogens with zero attached hydrogens (tertiary/aromatic N) is 1. The molecule has 10 heteroatoms. The maximum Gasteiger partial charge on any atom is 0.327 e. The van der Waals surface area contributed by atoms with E-state index in [1.807, 2.05) is 10.2 Å². The Balaban J connectivity index is 4.26. The molecule has 0 heterocycles. The molecule has 2 atom stereocenters. The summed E-state index contributed by atoms with van der Waals surface area (Å²) in [5.74, 6) is -1.05. The smallest absolute Gasteiger partial charge is 0.327 e. The summed E-state index contributed by atoms with van der Waals surface area (Å²) in [5, 5.41) is 0. The Morgan fingerprint density at radius 2 is 1.81 bits per heavy atom. The fourth-order valence-corrected chi connectivity index (χ4v) is 2.27. The molecule has 0 aliphatic heterocycles. The predicted octanol–water partition coefficient (Wildman–Crippen LogP) is 1.62. The molecule has 0 aromatic heterocycles. The summed E-state index contributed by atoms with van der Waals surface area (Å²) in [5.41, 5.74) is 0. The fourth-order valence-electron chi connectivity index (χ4n) is 1.15. The highest BCUT2D eigenvalue weighted by molar-refractivity contribution is 14.1. The van der Waals surface area contributed by atoms with Crippen LogP contribution in [0.2, 0.25) is 0 Å². The van der Waals surface area contributed by atoms with Gasteiger partial charge in [-0.15, -0.1) is 0 Å². The number of ether oxygens (including phenoxy) is 2. The van der Waals surface area contributed by atoms with E-state index in [1.54, 1.807) is 0 Å². The van der Waals surface area contributed by atoms with Gasteiger partial charge in [0.2, 0.25) is 0 Å². The van der Waals surface area contributed by atoms with E-state index in [0.717, 1.165) is 0 Å². The third-order valence-electron chi connectivity index (χ3n) is 2.03. The molecule has 0 aliphatic rings. The largest absolute Gasteiger partial charge is 0.462 e. The number of likely N-dealkylation sites (N-methyl/N-ethyl adjacent to an activating group) is 1. The normalized spacial score (nSPS) is 15.3. The van der Waals surface area contributed by atoms with Crippen LogP contribution in [0.15, 0.2) is 0 Å². The summed E-state index contributed by atoms with van der Waals surface area (Å²) in [6.45, 7) is 4.28. The SMILES string of the molecule is CC(=O)OCC(COP(C)(=O)OCCN(C)I)OC(C)=O. The van der Waals surface area contributed by atoms with Gasteiger partial charge in [0.25, 0.3) is 0 Å². The van der Waals surface area contributed by atoms with Crippen molar-refractivity contribution in [2.75, 3.05) is 40.1 Å². The quantitative estimate of drug-likeness (QED) is 0.221. The van der Waals surface area contributed by atoms with E-state index in [0.29, 0.717) is 6.54 Å². The third kappa shape index (κ3) is 13.2. The van der Waals surface area contributed by atoms with Gasteiger partial charge in [0.15, 0.2) is 6.10 Å². The van der Waals surface area contributed by atoms with Crippen LogP contribution in [-0.2, 0) is 32.7 Å². The molecule has 8 nitrogen and oxygen atoms in total. The van der Waals surface area contributed by atoms with Crippen molar-refractivity contribution in [3.63, 3.8) is 0 Å². The molecule has 0 aromatic carbocycles. The number of halogens is 1. The second-order valence-electron chi connectivity index (χ2n) is 4.26. The highest BCUT2D eigenvalue weighted by atomic mass is 127. The summed E-state index contributed by atoms with van der Waals surface area (Å²) >= 11 is 2.07. The minimum absolute atomic E-state index is 0.161. The summed E-state index contributed by atoms with van der Waals surface area (Å²) < 4.78 is 33.8. The van der Waals surface area contributed by atoms with E-state index in [2.05, 4.69) is 22.9 Å². The molecule has 0 rings (SSSR count). The lowest BCUT2D eigenvalue weighted by Gasteiger charge is -2.20. The summed E-state index contributed by atoms with van der Waals surface area (Å²) in [4.78, 5) is 21.7. The number of hydrogen-bond donors (Lipinski definition) is 0. The molecule has 21 heavy (non-hydrogen) atoms. The number of hydrogen-bond acceptors (Lipinski definition) is 8. The van der Waals surface area contributed by atoms with Gasteiger partial charge in [-0.1, -0.05) is 0 Å². The van der Waals surface area contributed by atoms with Crippen LogP contribution in [0.5, 0.6) is 0 Å². The van der Waals surface area contributed by atoms with Gasteiger partial charge in [-0.05, 0) is 7.05 Å². The Labute approximate surface area is 138 Å². The van der Waals surface area contributed by atoms with Gasteiger partial charge < -0.3 is 18.5 Å². The maximum absolute atomic E-state index is 12.0. The van der Waals surface area contributed by atoms with Crippen LogP contribution in [0.1, 0.15) is 13.8 Å². The zero-order chi connectivity index (χ0) is 16.5. The second kappa shape index (κ2) is 10.5. The van der Waals surface area contributed by atoms with Crippen LogP contribution in [0.25, 0.3) is 0 Å². The average molecular weight is 437 g/mol. The van der Waals surface area contributed by atoms with E-state index >= 15 is 0 Å². The lowest BCUT2D eigenvalue weighted by atomic mass is 10.4. The molecular formula is C11H21INO7P. The fraction of sp³-hybridized carbons (Fsp3) is 0.818. The topological polar surface area (TPSA) is 91.4 Å². The van der Waals surface area contributed by atoms with Gasteiger partial charge in [-0.3, -0.25) is 14.2 Å². The first-order valence-corrected chi connectivity index (χ1v) is 9.12. The molecular weight excluding hydrogens is 416 g/mol. The molecule has 0 spiro atoms. The van der Waals surface area contributed by atoms with Gasteiger partial charge in [-0.2, -0.15) is 0 Å². The van der Waals surface area contributed by atoms with Gasteiger partial charge in [0.1, 0.15) is 6.61 Å². The minimum Gasteiger partial charge on any atom is -0.462 e. The van der Waals surface area contributed by atoms with Crippen LogP contribution in [0.4, 0.5) is 0 Å². The van der Waals surface area contributed by atoms with Crippen molar-refractivity contribution >= 4 is 42.4 Å². The molecule has 0 bridgehead atoms. The van der Waals surface area contributed by atoms with E-state index < -0.39 is 25.6 Å². The minimum atomic E-state index is -3.26. The summed E-state index contributed by atoms with van der Waals surface area (Å²) in [6, 6.07) is 0. The van der Waals surface area contributed by atoms with E-state index in [1.165, 1.54) is 20.5 Å². The highest BCUT2D eigenvalue weighted by Crippen LogP contribution is 2.43. The number of rotatable bonds is 10. The Kier molecular flexibility index (Phi) is 10.4. The first kappa shape index (κ1) is 20.8. The maximum atomic E-state index is 12.0. The Bertz CT molecular complexity index is 391. The van der Waals surface area contributed by atoms with Crippen molar-refractivity contribution in [2.24, 2.45) is 0 Å². The second-order valence-corrected chi connectivity index (χ2v) is 7.97. The zero-order valence-electron chi connectivity index (χ0n) is 12.5. The van der Waals surface area contributed by atoms with Crippen molar-refractivity contribution in [2.45, 2.75) is 20.0 Å². The number of esters is 2. The van der Waals surface area contributed by atoms with Gasteiger partial charge in [0, 0.05) is 49.9 Å². The number of carbonyl (C=O) groups excluding carboxylic acids is 2. The van der Waals surface area contributed by atoms with Crippen LogP contribution < -0.4 is 0 Å². The first-order valence-electron chi connectivity index (χ1n) is 6.16. The standard InChI is InChI=1S/C11H21INO7P/c1-9(14)17-7-11(20-10(2)15)8-19-21(4,16)18-6-5-13(3)12/h11H,5-8H2,1-4H3. The van der Waals surface area contributed by atoms with E-state index in [4.69, 9.17) is 18.5 Å². The molecule has 0 aliphatic carbocycles. The highest BCUT2D eigenvalue weighted by Gasteiger charge is 2.22. The Hall–Kier alpha value is -0.220. The van der Waals surface area contributed by atoms with Crippen molar-refractivity contribution < 1.29 is 32.7 Å². The third-order valence-corrected chi connectivity index (χ3v) is 3.78. The molecule has 0 fully saturated rings. The predicted molar refractivity (Wildman–Crippen MR) is 84.3 cm³/mol. The lowest BCUT2D eigenvalue weighted by Crippen LogP contribution is -2.28. The molecule has 0 N–H and O–H groups in total. The van der Waals surface area contributed by atoms with Crippen molar-refractivity contribution in [3.05, 3.63) is 0 Å². The lowest BCUT2D eigenvalue weighted by molar-refractivity contribution is -0.158. The zero-order valence-corrected chi connectivity index (χ0v) is 15.6. The molecule has 0 saturated carbocycles. The Morgan fingerprint density at radius 3 is 2.29 bits per heavy atom. The molecule has 0 amide bonds. The Morgan fingerprint density at radius 1 is 1.19 bits per heavy atom. The summed E-state index contributed by atoms with van der Waals surface area (Å²) in [7, 11) is -1.41. The van der Waals surface area contributed by atoms with Gasteiger partial charge in [0.05, 0.1) is 13.2 Å². The van der Waals surface area contributed by atoms with Crippen molar-refractivity contribution in [1.82, 2.24) is 3.11 Å². The van der Waals surface area contributed by atoms with Crippen molar-refractivity contribution in [3.8, 4) is 0 Å². The van der Waals surface area contributed by atoms with Gasteiger partial charge in [-0.25, -0.2) is 3.11 Å². The molecule has 0 radical (unpaired) electrons. The molecule has 124 valence electrons. The van der Waals surface area contributed by atoms with Crippen LogP contribution in [0, 0.1) is 0 Å². The molecule has 0 saturated heterocycles. The molecule has 0 aromatic rings. The van der Waals surface area contributed by atoms with Crippen LogP contribution >= 0.6 is 30.5 Å². The van der Waals surface area contributed by atoms with Gasteiger partial charge >= 0.3 is 19.5 Å². The summed E-state index contributed by atoms with van der Waals surface area (Å²) in [6.07, 6.45) is -0.824. The first-order chi connectivity index (χ1) is 9.62.